The van der Waals surface area contributed by atoms with Crippen molar-refractivity contribution in [1.82, 2.24) is 0 Å². The molecule has 3 nitrogen and oxygen atoms in total. The number of carbonyl (C=O) groups is 2. The van der Waals surface area contributed by atoms with Crippen molar-refractivity contribution in [3.05, 3.63) is 58.1 Å². The van der Waals surface area contributed by atoms with Crippen LogP contribution in [0.15, 0.2) is 42.5 Å². The summed E-state index contributed by atoms with van der Waals surface area (Å²) in [6, 6.07) is 12.2. The van der Waals surface area contributed by atoms with Gasteiger partial charge in [0.05, 0.1) is 16.5 Å². The lowest BCUT2D eigenvalue weighted by Crippen LogP contribution is -2.03. The molecule has 2 aromatic carbocycles. The quantitative estimate of drug-likeness (QED) is 0.811. The predicted octanol–water partition coefficient (Wildman–Crippen LogP) is 4.71. The molecule has 0 atom stereocenters. The summed E-state index contributed by atoms with van der Waals surface area (Å²) in [5.41, 5.74) is 2.11. The van der Waals surface area contributed by atoms with E-state index in [-0.39, 0.29) is 18.6 Å². The van der Waals surface area contributed by atoms with Gasteiger partial charge in [0, 0.05) is 17.5 Å². The van der Waals surface area contributed by atoms with E-state index in [1.807, 2.05) is 6.07 Å². The first kappa shape index (κ1) is 15.5. The molecule has 0 saturated heterocycles. The van der Waals surface area contributed by atoms with Gasteiger partial charge in [-0.15, -0.1) is 0 Å². The van der Waals surface area contributed by atoms with Crippen LogP contribution in [-0.4, -0.2) is 16.9 Å². The van der Waals surface area contributed by atoms with Crippen LogP contribution in [0, 0.1) is 0 Å². The van der Waals surface area contributed by atoms with Crippen molar-refractivity contribution in [1.29, 1.82) is 0 Å². The number of carboxylic acids is 1. The van der Waals surface area contributed by atoms with Crippen molar-refractivity contribution < 1.29 is 14.7 Å². The molecule has 0 aliphatic carbocycles. The second kappa shape index (κ2) is 6.74. The molecule has 2 rings (SSSR count). The molecule has 5 heteroatoms. The largest absolute Gasteiger partial charge is 0.481 e. The molecule has 0 fully saturated rings. The third kappa shape index (κ3) is 3.84. The number of benzene rings is 2. The number of hydrogen-bond donors (Lipinski definition) is 1. The van der Waals surface area contributed by atoms with E-state index in [4.69, 9.17) is 28.3 Å². The van der Waals surface area contributed by atoms with Gasteiger partial charge in [0.2, 0.25) is 0 Å². The highest BCUT2D eigenvalue weighted by molar-refractivity contribution is 6.43. The normalized spacial score (nSPS) is 10.4. The number of rotatable bonds is 5. The monoisotopic (exact) mass is 322 g/mol. The van der Waals surface area contributed by atoms with E-state index in [0.717, 1.165) is 11.1 Å². The molecule has 2 aromatic rings. The Bertz CT molecular complexity index is 678. The Morgan fingerprint density at radius 2 is 1.62 bits per heavy atom. The zero-order valence-electron chi connectivity index (χ0n) is 11.0. The lowest BCUT2D eigenvalue weighted by atomic mass is 10.0. The summed E-state index contributed by atoms with van der Waals surface area (Å²) < 4.78 is 0. The highest BCUT2D eigenvalue weighted by Gasteiger charge is 2.10. The summed E-state index contributed by atoms with van der Waals surface area (Å²) in [6.45, 7) is 0. The molecule has 0 aliphatic rings. The molecular formula is C16H12Cl2O3. The van der Waals surface area contributed by atoms with Crippen LogP contribution in [0.1, 0.15) is 23.2 Å². The van der Waals surface area contributed by atoms with E-state index in [0.29, 0.717) is 15.6 Å². The van der Waals surface area contributed by atoms with Gasteiger partial charge >= 0.3 is 5.97 Å². The maximum atomic E-state index is 11.8. The number of ketones is 1. The first-order chi connectivity index (χ1) is 9.99. The third-order valence-electron chi connectivity index (χ3n) is 3.04. The minimum absolute atomic E-state index is 0.00734. The lowest BCUT2D eigenvalue weighted by Gasteiger charge is -2.07. The summed E-state index contributed by atoms with van der Waals surface area (Å²) >= 11 is 12.1. The molecule has 1 N–H and O–H groups in total. The maximum Gasteiger partial charge on any atom is 0.303 e. The molecule has 0 bridgehead atoms. The molecule has 0 heterocycles. The first-order valence-electron chi connectivity index (χ1n) is 6.28. The standard InChI is InChI=1S/C16H12Cl2O3/c17-13-3-1-2-12(16(13)18)10-4-6-11(7-5-10)14(19)8-9-15(20)21/h1-7H,8-9H2,(H,20,21). The average molecular weight is 323 g/mol. The predicted molar refractivity (Wildman–Crippen MR) is 83.1 cm³/mol. The number of hydrogen-bond acceptors (Lipinski definition) is 2. The molecule has 0 aliphatic heterocycles. The van der Waals surface area contributed by atoms with Crippen molar-refractivity contribution in [2.45, 2.75) is 12.8 Å². The van der Waals surface area contributed by atoms with E-state index < -0.39 is 5.97 Å². The van der Waals surface area contributed by atoms with E-state index in [9.17, 15) is 9.59 Å². The maximum absolute atomic E-state index is 11.8. The summed E-state index contributed by atoms with van der Waals surface area (Å²) in [4.78, 5) is 22.3. The molecule has 21 heavy (non-hydrogen) atoms. The Hall–Kier alpha value is -1.84. The number of aliphatic carboxylic acids is 1. The first-order valence-corrected chi connectivity index (χ1v) is 7.04. The highest BCUT2D eigenvalue weighted by Crippen LogP contribution is 2.33. The second-order valence-electron chi connectivity index (χ2n) is 4.50. The molecule has 0 aromatic heterocycles. The van der Waals surface area contributed by atoms with E-state index in [2.05, 4.69) is 0 Å². The van der Waals surface area contributed by atoms with Crippen LogP contribution in [0.3, 0.4) is 0 Å². The van der Waals surface area contributed by atoms with E-state index in [1.165, 1.54) is 0 Å². The van der Waals surface area contributed by atoms with Crippen molar-refractivity contribution in [3.8, 4) is 11.1 Å². The SMILES string of the molecule is O=C(O)CCC(=O)c1ccc(-c2cccc(Cl)c2Cl)cc1. The molecule has 108 valence electrons. The van der Waals surface area contributed by atoms with Gasteiger partial charge < -0.3 is 5.11 Å². The fourth-order valence-electron chi connectivity index (χ4n) is 1.93. The van der Waals surface area contributed by atoms with Crippen LogP contribution in [-0.2, 0) is 4.79 Å². The Morgan fingerprint density at radius 3 is 2.24 bits per heavy atom. The molecule has 0 amide bonds. The number of Topliss-reactive ketones (excluding diaryl/α,β-unsaturated/α-hetero) is 1. The molecule has 0 saturated carbocycles. The zero-order valence-corrected chi connectivity index (χ0v) is 12.5. The Kier molecular flexibility index (Phi) is 4.99. The van der Waals surface area contributed by atoms with Crippen LogP contribution < -0.4 is 0 Å². The molecule has 0 unspecified atom stereocenters. The van der Waals surface area contributed by atoms with Gasteiger partial charge in [0.1, 0.15) is 0 Å². The van der Waals surface area contributed by atoms with Gasteiger partial charge in [-0.3, -0.25) is 9.59 Å². The van der Waals surface area contributed by atoms with E-state index in [1.54, 1.807) is 36.4 Å². The van der Waals surface area contributed by atoms with Crippen LogP contribution in [0.25, 0.3) is 11.1 Å². The Morgan fingerprint density at radius 1 is 0.952 bits per heavy atom. The summed E-state index contributed by atoms with van der Waals surface area (Å²) in [5.74, 6) is -1.17. The molecule has 0 radical (unpaired) electrons. The van der Waals surface area contributed by atoms with Gasteiger partial charge in [0.15, 0.2) is 5.78 Å². The topological polar surface area (TPSA) is 54.4 Å². The summed E-state index contributed by atoms with van der Waals surface area (Å²) in [7, 11) is 0. The summed E-state index contributed by atoms with van der Waals surface area (Å²) in [6.07, 6.45) is -0.173. The minimum atomic E-state index is -0.981. The Labute approximate surface area is 132 Å². The summed E-state index contributed by atoms with van der Waals surface area (Å²) in [5, 5.41) is 9.51. The molecule has 0 spiro atoms. The van der Waals surface area contributed by atoms with Crippen LogP contribution in [0.2, 0.25) is 10.0 Å². The van der Waals surface area contributed by atoms with Crippen LogP contribution >= 0.6 is 23.2 Å². The smallest absolute Gasteiger partial charge is 0.303 e. The average Bonchev–Trinajstić information content (AvgIpc) is 2.48. The number of carbonyl (C=O) groups excluding carboxylic acids is 1. The van der Waals surface area contributed by atoms with Gasteiger partial charge in [0.25, 0.3) is 0 Å². The van der Waals surface area contributed by atoms with Crippen molar-refractivity contribution in [2.75, 3.05) is 0 Å². The lowest BCUT2D eigenvalue weighted by molar-refractivity contribution is -0.136. The van der Waals surface area contributed by atoms with Crippen molar-refractivity contribution in [3.63, 3.8) is 0 Å². The van der Waals surface area contributed by atoms with Crippen molar-refractivity contribution in [2.24, 2.45) is 0 Å². The molecular weight excluding hydrogens is 311 g/mol. The fourth-order valence-corrected chi connectivity index (χ4v) is 2.34. The van der Waals surface area contributed by atoms with Gasteiger partial charge in [-0.05, 0) is 11.6 Å². The Balaban J connectivity index is 2.21. The van der Waals surface area contributed by atoms with Gasteiger partial charge in [-0.2, -0.15) is 0 Å². The fraction of sp³-hybridized carbons (Fsp3) is 0.125. The van der Waals surface area contributed by atoms with Crippen LogP contribution in [0.5, 0.6) is 0 Å². The van der Waals surface area contributed by atoms with Gasteiger partial charge in [-0.1, -0.05) is 59.6 Å². The highest BCUT2D eigenvalue weighted by atomic mass is 35.5. The zero-order chi connectivity index (χ0) is 15.4. The number of carboxylic acid groups (broad SMARTS) is 1. The van der Waals surface area contributed by atoms with Crippen molar-refractivity contribution >= 4 is 35.0 Å². The van der Waals surface area contributed by atoms with Gasteiger partial charge in [-0.25, -0.2) is 0 Å². The minimum Gasteiger partial charge on any atom is -0.481 e. The van der Waals surface area contributed by atoms with E-state index >= 15 is 0 Å². The number of halogens is 2. The second-order valence-corrected chi connectivity index (χ2v) is 5.28. The third-order valence-corrected chi connectivity index (χ3v) is 3.85. The van der Waals surface area contributed by atoms with Crippen LogP contribution in [0.4, 0.5) is 0 Å².